The molecule has 0 amide bonds. The van der Waals surface area contributed by atoms with Gasteiger partial charge in [0.25, 0.3) is 0 Å². The van der Waals surface area contributed by atoms with Gasteiger partial charge in [-0.3, -0.25) is 4.79 Å². The van der Waals surface area contributed by atoms with Gasteiger partial charge in [0.1, 0.15) is 12.2 Å². The second-order valence-electron chi connectivity index (χ2n) is 5.64. The van der Waals surface area contributed by atoms with E-state index in [1.165, 1.54) is 11.9 Å². The third-order valence-electron chi connectivity index (χ3n) is 3.52. The molecule has 1 N–H and O–H groups in total. The van der Waals surface area contributed by atoms with Crippen molar-refractivity contribution in [3.8, 4) is 0 Å². The minimum atomic E-state index is -0.797. The first-order valence-electron chi connectivity index (χ1n) is 7.14. The van der Waals surface area contributed by atoms with Gasteiger partial charge in [-0.15, -0.1) is 0 Å². The van der Waals surface area contributed by atoms with Crippen LogP contribution in [-0.2, 0) is 17.6 Å². The molecule has 5 nitrogen and oxygen atoms in total. The van der Waals surface area contributed by atoms with E-state index in [1.54, 1.807) is 4.68 Å². The second-order valence-corrected chi connectivity index (χ2v) is 5.64. The Bertz CT molecular complexity index is 602. The summed E-state index contributed by atoms with van der Waals surface area (Å²) in [5, 5.41) is 13.6. The normalized spacial score (nSPS) is 12.6. The summed E-state index contributed by atoms with van der Waals surface area (Å²) in [6.07, 6.45) is 2.38. The first kappa shape index (κ1) is 15.2. The molecule has 2 rings (SSSR count). The van der Waals surface area contributed by atoms with Crippen LogP contribution in [0.25, 0.3) is 0 Å². The predicted molar refractivity (Wildman–Crippen MR) is 80.1 cm³/mol. The number of carboxylic acid groups (broad SMARTS) is 1. The zero-order chi connectivity index (χ0) is 15.4. The van der Waals surface area contributed by atoms with Gasteiger partial charge in [0, 0.05) is 12.5 Å². The summed E-state index contributed by atoms with van der Waals surface area (Å²) in [4.78, 5) is 15.7. The van der Waals surface area contributed by atoms with E-state index in [0.29, 0.717) is 12.8 Å². The monoisotopic (exact) mass is 287 g/mol. The Kier molecular flexibility index (Phi) is 4.73. The molecule has 1 aromatic heterocycles. The lowest BCUT2D eigenvalue weighted by Gasteiger charge is -2.14. The van der Waals surface area contributed by atoms with Gasteiger partial charge in [0.05, 0.1) is 5.92 Å². The van der Waals surface area contributed by atoms with Gasteiger partial charge < -0.3 is 5.11 Å². The highest BCUT2D eigenvalue weighted by Gasteiger charge is 2.22. The molecule has 0 aliphatic rings. The van der Waals surface area contributed by atoms with Crippen LogP contribution in [0, 0.1) is 12.8 Å². The Morgan fingerprint density at radius 1 is 1.24 bits per heavy atom. The van der Waals surface area contributed by atoms with E-state index in [4.69, 9.17) is 0 Å². The number of hydrogen-bond acceptors (Lipinski definition) is 3. The Balaban J connectivity index is 2.14. The Hall–Kier alpha value is -2.17. The second kappa shape index (κ2) is 6.52. The van der Waals surface area contributed by atoms with Gasteiger partial charge >= 0.3 is 5.97 Å². The van der Waals surface area contributed by atoms with Crippen molar-refractivity contribution >= 4 is 5.97 Å². The number of hydrogen-bond donors (Lipinski definition) is 1. The number of aryl methyl sites for hydroxylation is 1. The van der Waals surface area contributed by atoms with Crippen LogP contribution in [-0.4, -0.2) is 25.8 Å². The lowest BCUT2D eigenvalue weighted by Crippen LogP contribution is -2.22. The molecule has 0 fully saturated rings. The molecule has 1 aromatic carbocycles. The third kappa shape index (κ3) is 3.90. The zero-order valence-corrected chi connectivity index (χ0v) is 12.7. The fraction of sp³-hybridized carbons (Fsp3) is 0.438. The molecule has 1 unspecified atom stereocenters. The van der Waals surface area contributed by atoms with E-state index in [1.807, 2.05) is 45.0 Å². The van der Waals surface area contributed by atoms with Crippen molar-refractivity contribution in [2.75, 3.05) is 0 Å². The summed E-state index contributed by atoms with van der Waals surface area (Å²) in [6.45, 7) is 6.03. The number of aliphatic carboxylic acids is 1. The van der Waals surface area contributed by atoms with Gasteiger partial charge in [-0.25, -0.2) is 9.67 Å². The molecule has 0 bridgehead atoms. The van der Waals surface area contributed by atoms with Crippen LogP contribution in [0.3, 0.4) is 0 Å². The van der Waals surface area contributed by atoms with Crippen LogP contribution in [0.15, 0.2) is 30.6 Å². The van der Waals surface area contributed by atoms with E-state index >= 15 is 0 Å². The van der Waals surface area contributed by atoms with Gasteiger partial charge in [0.2, 0.25) is 0 Å². The van der Waals surface area contributed by atoms with Crippen LogP contribution in [0.4, 0.5) is 0 Å². The molecule has 0 aliphatic heterocycles. The summed E-state index contributed by atoms with van der Waals surface area (Å²) in [6, 6.07) is 8.16. The molecule has 2 aromatic rings. The van der Waals surface area contributed by atoms with Crippen LogP contribution in [0.2, 0.25) is 0 Å². The standard InChI is InChI=1S/C16H21N3O2/c1-11(2)19-15(17-10-18-19)9-14(16(20)21)8-13-6-4-12(3)5-7-13/h4-7,10-11,14H,8-9H2,1-3H3,(H,20,21). The lowest BCUT2D eigenvalue weighted by molar-refractivity contribution is -0.141. The predicted octanol–water partition coefficient (Wildman–Crippen LogP) is 2.65. The third-order valence-corrected chi connectivity index (χ3v) is 3.52. The highest BCUT2D eigenvalue weighted by Crippen LogP contribution is 2.16. The van der Waals surface area contributed by atoms with Crippen LogP contribution in [0.1, 0.15) is 36.8 Å². The summed E-state index contributed by atoms with van der Waals surface area (Å²) >= 11 is 0. The van der Waals surface area contributed by atoms with Crippen LogP contribution < -0.4 is 0 Å². The van der Waals surface area contributed by atoms with E-state index in [9.17, 15) is 9.90 Å². The van der Waals surface area contributed by atoms with Crippen molar-refractivity contribution in [2.24, 2.45) is 5.92 Å². The molecule has 21 heavy (non-hydrogen) atoms. The van der Waals surface area contributed by atoms with Crippen molar-refractivity contribution in [1.29, 1.82) is 0 Å². The van der Waals surface area contributed by atoms with Crippen molar-refractivity contribution < 1.29 is 9.90 Å². The number of carboxylic acids is 1. The Morgan fingerprint density at radius 2 is 1.90 bits per heavy atom. The maximum Gasteiger partial charge on any atom is 0.307 e. The number of carbonyl (C=O) groups is 1. The number of aromatic nitrogens is 3. The van der Waals surface area contributed by atoms with Crippen molar-refractivity contribution in [2.45, 2.75) is 39.7 Å². The molecule has 112 valence electrons. The molecule has 0 aliphatic carbocycles. The maximum atomic E-state index is 11.5. The number of nitrogens with zero attached hydrogens (tertiary/aromatic N) is 3. The largest absolute Gasteiger partial charge is 0.481 e. The van der Waals surface area contributed by atoms with Crippen LogP contribution >= 0.6 is 0 Å². The minimum absolute atomic E-state index is 0.177. The van der Waals surface area contributed by atoms with Gasteiger partial charge in [-0.05, 0) is 32.8 Å². The van der Waals surface area contributed by atoms with Crippen molar-refractivity contribution in [1.82, 2.24) is 14.8 Å². The SMILES string of the molecule is Cc1ccc(CC(Cc2ncnn2C(C)C)C(=O)O)cc1. The molecule has 0 radical (unpaired) electrons. The van der Waals surface area contributed by atoms with Gasteiger partial charge in [0.15, 0.2) is 0 Å². The summed E-state index contributed by atoms with van der Waals surface area (Å²) < 4.78 is 1.78. The smallest absolute Gasteiger partial charge is 0.307 e. The molecule has 5 heteroatoms. The summed E-state index contributed by atoms with van der Waals surface area (Å²) in [7, 11) is 0. The maximum absolute atomic E-state index is 11.5. The van der Waals surface area contributed by atoms with Crippen molar-refractivity contribution in [3.05, 3.63) is 47.5 Å². The molecular weight excluding hydrogens is 266 g/mol. The van der Waals surface area contributed by atoms with E-state index in [-0.39, 0.29) is 6.04 Å². The average Bonchev–Trinajstić information content (AvgIpc) is 2.88. The first-order valence-corrected chi connectivity index (χ1v) is 7.14. The molecular formula is C16H21N3O2. The topological polar surface area (TPSA) is 68.0 Å². The quantitative estimate of drug-likeness (QED) is 0.887. The summed E-state index contributed by atoms with van der Waals surface area (Å²) in [5.41, 5.74) is 2.20. The van der Waals surface area contributed by atoms with E-state index in [0.717, 1.165) is 11.4 Å². The number of rotatable bonds is 6. The van der Waals surface area contributed by atoms with E-state index < -0.39 is 11.9 Å². The zero-order valence-electron chi connectivity index (χ0n) is 12.7. The minimum Gasteiger partial charge on any atom is -0.481 e. The first-order chi connectivity index (χ1) is 9.97. The Labute approximate surface area is 124 Å². The molecule has 1 atom stereocenters. The van der Waals surface area contributed by atoms with Gasteiger partial charge in [-0.1, -0.05) is 29.8 Å². The molecule has 0 saturated carbocycles. The highest BCUT2D eigenvalue weighted by atomic mass is 16.4. The lowest BCUT2D eigenvalue weighted by atomic mass is 9.95. The summed E-state index contributed by atoms with van der Waals surface area (Å²) in [5.74, 6) is -0.562. The fourth-order valence-electron chi connectivity index (χ4n) is 2.33. The number of benzene rings is 1. The molecule has 0 spiro atoms. The van der Waals surface area contributed by atoms with Crippen molar-refractivity contribution in [3.63, 3.8) is 0 Å². The average molecular weight is 287 g/mol. The molecule has 0 saturated heterocycles. The van der Waals surface area contributed by atoms with Gasteiger partial charge in [-0.2, -0.15) is 5.10 Å². The fourth-order valence-corrected chi connectivity index (χ4v) is 2.33. The van der Waals surface area contributed by atoms with E-state index in [2.05, 4.69) is 10.1 Å². The highest BCUT2D eigenvalue weighted by molar-refractivity contribution is 5.70. The molecule has 1 heterocycles. The van der Waals surface area contributed by atoms with Crippen LogP contribution in [0.5, 0.6) is 0 Å². The Morgan fingerprint density at radius 3 is 2.48 bits per heavy atom.